The maximum absolute atomic E-state index is 6.15. The highest BCUT2D eigenvalue weighted by atomic mass is 35.5. The number of halogens is 1. The zero-order valence-electron chi connectivity index (χ0n) is 16.7. The topological polar surface area (TPSA) is 22.6 Å². The second kappa shape index (κ2) is 8.21. The van der Waals surface area contributed by atoms with Crippen molar-refractivity contribution >= 4 is 33.9 Å². The van der Waals surface area contributed by atoms with Crippen LogP contribution in [0.3, 0.4) is 0 Å². The minimum Gasteiger partial charge on any atom is -0.371 e. The molecule has 3 heterocycles. The summed E-state index contributed by atoms with van der Waals surface area (Å²) in [6, 6.07) is 19.7. The largest absolute Gasteiger partial charge is 0.371 e. The predicted octanol–water partition coefficient (Wildman–Crippen LogP) is 4.68. The van der Waals surface area contributed by atoms with Gasteiger partial charge in [0.05, 0.1) is 5.52 Å². The zero-order valence-corrected chi connectivity index (χ0v) is 17.4. The Morgan fingerprint density at radius 2 is 1.55 bits per heavy atom. The number of hydrogen-bond donors (Lipinski definition) is 0. The van der Waals surface area contributed by atoms with E-state index >= 15 is 0 Å². The normalized spacial score (nSPS) is 19.1. The third kappa shape index (κ3) is 3.92. The third-order valence-corrected chi connectivity index (χ3v) is 6.67. The summed E-state index contributed by atoms with van der Waals surface area (Å²) >= 11 is 6.15. The van der Waals surface area contributed by atoms with Gasteiger partial charge in [-0.3, -0.25) is 9.88 Å². The molecule has 3 aromatic rings. The van der Waals surface area contributed by atoms with Crippen LogP contribution in [-0.2, 0) is 0 Å². The highest BCUT2D eigenvalue weighted by molar-refractivity contribution is 6.31. The maximum atomic E-state index is 6.15. The third-order valence-electron chi connectivity index (χ3n) is 6.44. The van der Waals surface area contributed by atoms with E-state index < -0.39 is 0 Å². The second-order valence-corrected chi connectivity index (χ2v) is 8.50. The van der Waals surface area contributed by atoms with Crippen LogP contribution in [0.1, 0.15) is 12.8 Å². The summed E-state index contributed by atoms with van der Waals surface area (Å²) in [5, 5.41) is 1.95. The molecule has 0 aliphatic carbocycles. The van der Waals surface area contributed by atoms with Gasteiger partial charge in [-0.2, -0.15) is 0 Å². The van der Waals surface area contributed by atoms with Crippen molar-refractivity contribution in [2.75, 3.05) is 49.1 Å². The lowest BCUT2D eigenvalue weighted by Crippen LogP contribution is -2.53. The molecule has 0 spiro atoms. The number of nitrogens with zero attached hydrogens (tertiary/aromatic N) is 4. The first kappa shape index (κ1) is 18.7. The molecule has 2 fully saturated rings. The van der Waals surface area contributed by atoms with Crippen molar-refractivity contribution in [2.24, 2.45) is 0 Å². The van der Waals surface area contributed by atoms with E-state index in [0.29, 0.717) is 6.04 Å². The van der Waals surface area contributed by atoms with Gasteiger partial charge in [-0.1, -0.05) is 29.8 Å². The SMILES string of the molecule is Clc1ccc2c(N3CCC(N4CCN(c5ccccc5)CC4)CC3)ccnc2c1. The summed E-state index contributed by atoms with van der Waals surface area (Å²) in [6.45, 7) is 6.78. The Balaban J connectivity index is 1.21. The summed E-state index contributed by atoms with van der Waals surface area (Å²) in [4.78, 5) is 12.2. The van der Waals surface area contributed by atoms with E-state index in [2.05, 4.69) is 62.1 Å². The lowest BCUT2D eigenvalue weighted by atomic mass is 10.0. The Kier molecular flexibility index (Phi) is 5.30. The number of benzene rings is 2. The van der Waals surface area contributed by atoms with Gasteiger partial charge in [0.2, 0.25) is 0 Å². The lowest BCUT2D eigenvalue weighted by molar-refractivity contribution is 0.160. The van der Waals surface area contributed by atoms with Crippen molar-refractivity contribution in [1.29, 1.82) is 0 Å². The van der Waals surface area contributed by atoms with E-state index in [1.807, 2.05) is 18.3 Å². The van der Waals surface area contributed by atoms with Gasteiger partial charge in [0, 0.05) is 73.3 Å². The van der Waals surface area contributed by atoms with Crippen LogP contribution in [0.4, 0.5) is 11.4 Å². The Labute approximate surface area is 177 Å². The number of hydrogen-bond acceptors (Lipinski definition) is 4. The van der Waals surface area contributed by atoms with Crippen LogP contribution in [0.5, 0.6) is 0 Å². The molecule has 2 aliphatic heterocycles. The zero-order chi connectivity index (χ0) is 19.6. The average molecular weight is 407 g/mol. The van der Waals surface area contributed by atoms with Gasteiger partial charge < -0.3 is 9.80 Å². The Hall–Kier alpha value is -2.30. The minimum absolute atomic E-state index is 0.701. The molecular formula is C24H27ClN4. The van der Waals surface area contributed by atoms with Crippen molar-refractivity contribution in [3.05, 3.63) is 65.8 Å². The molecule has 0 amide bonds. The van der Waals surface area contributed by atoms with Crippen LogP contribution in [0.15, 0.2) is 60.8 Å². The number of fused-ring (bicyclic) bond motifs is 1. The molecule has 5 heteroatoms. The fraction of sp³-hybridized carbons (Fsp3) is 0.375. The van der Waals surface area contributed by atoms with Gasteiger partial charge in [0.15, 0.2) is 0 Å². The summed E-state index contributed by atoms with van der Waals surface area (Å²) < 4.78 is 0. The molecule has 0 radical (unpaired) electrons. The van der Waals surface area contributed by atoms with Crippen LogP contribution in [0.25, 0.3) is 10.9 Å². The molecule has 0 N–H and O–H groups in total. The van der Waals surface area contributed by atoms with Crippen molar-refractivity contribution in [1.82, 2.24) is 9.88 Å². The second-order valence-electron chi connectivity index (χ2n) is 8.07. The minimum atomic E-state index is 0.701. The smallest absolute Gasteiger partial charge is 0.0737 e. The van der Waals surface area contributed by atoms with Crippen molar-refractivity contribution in [3.8, 4) is 0 Å². The van der Waals surface area contributed by atoms with E-state index in [1.54, 1.807) is 0 Å². The number of piperidine rings is 1. The summed E-state index contributed by atoms with van der Waals surface area (Å²) in [6.07, 6.45) is 4.36. The van der Waals surface area contributed by atoms with E-state index in [9.17, 15) is 0 Å². The van der Waals surface area contributed by atoms with Gasteiger partial charge in [0.25, 0.3) is 0 Å². The van der Waals surface area contributed by atoms with Crippen LogP contribution < -0.4 is 9.80 Å². The number of piperazine rings is 1. The quantitative estimate of drug-likeness (QED) is 0.629. The van der Waals surface area contributed by atoms with Crippen molar-refractivity contribution in [2.45, 2.75) is 18.9 Å². The Morgan fingerprint density at radius 3 is 2.31 bits per heavy atom. The molecule has 0 unspecified atom stereocenters. The fourth-order valence-corrected chi connectivity index (χ4v) is 5.00. The number of rotatable bonds is 3. The molecular weight excluding hydrogens is 380 g/mol. The number of anilines is 2. The van der Waals surface area contributed by atoms with E-state index in [1.165, 1.54) is 29.6 Å². The molecule has 2 saturated heterocycles. The van der Waals surface area contributed by atoms with E-state index in [0.717, 1.165) is 49.8 Å². The Morgan fingerprint density at radius 1 is 0.793 bits per heavy atom. The van der Waals surface area contributed by atoms with Crippen molar-refractivity contribution in [3.63, 3.8) is 0 Å². The van der Waals surface area contributed by atoms with Gasteiger partial charge in [0.1, 0.15) is 0 Å². The maximum Gasteiger partial charge on any atom is 0.0737 e. The molecule has 0 bridgehead atoms. The predicted molar refractivity (Wildman–Crippen MR) is 122 cm³/mol. The molecule has 1 aromatic heterocycles. The van der Waals surface area contributed by atoms with Gasteiger partial charge in [-0.05, 0) is 49.2 Å². The Bertz CT molecular complexity index is 961. The standard InChI is InChI=1S/C24H27ClN4/c25-19-6-7-22-23(18-19)26-11-8-24(22)29-12-9-21(10-13-29)28-16-14-27(15-17-28)20-4-2-1-3-5-20/h1-8,11,18,21H,9-10,12-17H2. The van der Waals surface area contributed by atoms with Crippen LogP contribution >= 0.6 is 11.6 Å². The highest BCUT2D eigenvalue weighted by Gasteiger charge is 2.28. The van der Waals surface area contributed by atoms with Crippen LogP contribution in [0.2, 0.25) is 5.02 Å². The first-order chi connectivity index (χ1) is 14.3. The molecule has 4 nitrogen and oxygen atoms in total. The van der Waals surface area contributed by atoms with Crippen molar-refractivity contribution < 1.29 is 0 Å². The van der Waals surface area contributed by atoms with Gasteiger partial charge >= 0.3 is 0 Å². The van der Waals surface area contributed by atoms with Crippen LogP contribution in [-0.4, -0.2) is 55.2 Å². The van der Waals surface area contributed by atoms with Gasteiger partial charge in [-0.25, -0.2) is 0 Å². The number of pyridine rings is 1. The highest BCUT2D eigenvalue weighted by Crippen LogP contribution is 2.30. The molecule has 5 rings (SSSR count). The number of para-hydroxylation sites is 1. The molecule has 2 aromatic carbocycles. The molecule has 0 saturated carbocycles. The lowest BCUT2D eigenvalue weighted by Gasteiger charge is -2.44. The first-order valence-corrected chi connectivity index (χ1v) is 11.0. The summed E-state index contributed by atoms with van der Waals surface area (Å²) in [5.74, 6) is 0. The molecule has 29 heavy (non-hydrogen) atoms. The van der Waals surface area contributed by atoms with E-state index in [4.69, 9.17) is 11.6 Å². The van der Waals surface area contributed by atoms with Crippen LogP contribution in [0, 0.1) is 0 Å². The molecule has 2 aliphatic rings. The first-order valence-electron chi connectivity index (χ1n) is 10.6. The number of aromatic nitrogens is 1. The van der Waals surface area contributed by atoms with Gasteiger partial charge in [-0.15, -0.1) is 0 Å². The fourth-order valence-electron chi connectivity index (χ4n) is 4.84. The summed E-state index contributed by atoms with van der Waals surface area (Å²) in [7, 11) is 0. The average Bonchev–Trinajstić information content (AvgIpc) is 2.79. The molecule has 150 valence electrons. The monoisotopic (exact) mass is 406 g/mol. The molecule has 0 atom stereocenters. The van der Waals surface area contributed by atoms with E-state index in [-0.39, 0.29) is 0 Å². The summed E-state index contributed by atoms with van der Waals surface area (Å²) in [5.41, 5.74) is 3.62.